The van der Waals surface area contributed by atoms with Crippen LogP contribution in [0, 0.1) is 0 Å². The maximum atomic E-state index is 11.7. The largest absolute Gasteiger partial charge is 1.00 e. The van der Waals surface area contributed by atoms with E-state index in [1.54, 1.807) is 12.1 Å². The first kappa shape index (κ1) is 23.0. The Bertz CT molecular complexity index is 788. The van der Waals surface area contributed by atoms with Crippen LogP contribution in [0.4, 0.5) is 0 Å². The maximum Gasteiger partial charge on any atom is 1.00 e. The van der Waals surface area contributed by atoms with Crippen LogP contribution in [-0.4, -0.2) is 13.0 Å². The molecule has 7 heteroatoms. The van der Waals surface area contributed by atoms with Crippen LogP contribution < -0.4 is 39.4 Å². The summed E-state index contributed by atoms with van der Waals surface area (Å²) in [4.78, 5) is -0.741. The van der Waals surface area contributed by atoms with Gasteiger partial charge in [-0.3, -0.25) is 4.55 Å². The van der Waals surface area contributed by atoms with Gasteiger partial charge in [-0.25, -0.2) is 0 Å². The minimum Gasteiger partial charge on any atom is -0.871 e. The fourth-order valence-corrected chi connectivity index (χ4v) is 3.30. The molecule has 0 saturated heterocycles. The van der Waals surface area contributed by atoms with Crippen LogP contribution in [0.5, 0.6) is 17.2 Å². The summed E-state index contributed by atoms with van der Waals surface area (Å²) < 4.78 is 37.5. The minimum atomic E-state index is -4.65. The molecule has 2 aromatic carbocycles. The molecule has 0 saturated carbocycles. The molecule has 0 unspecified atom stereocenters. The summed E-state index contributed by atoms with van der Waals surface area (Å²) in [7, 11) is -4.65. The second kappa shape index (κ2) is 10.9. The first-order valence-electron chi connectivity index (χ1n) is 8.46. The number of hydrogen-bond donors (Lipinski definition) is 1. The van der Waals surface area contributed by atoms with Gasteiger partial charge in [-0.1, -0.05) is 62.6 Å². The summed E-state index contributed by atoms with van der Waals surface area (Å²) in [5.41, 5.74) is 1.18. The Balaban J connectivity index is 0.00000338. The predicted molar refractivity (Wildman–Crippen MR) is 94.7 cm³/mol. The SMILES string of the molecule is CCCCCCCc1ccc(Oc2cccc([O-])c2S(=O)(=O)O)cc1.[Na+]. The zero-order chi connectivity index (χ0) is 18.3. The second-order valence-electron chi connectivity index (χ2n) is 5.97. The summed E-state index contributed by atoms with van der Waals surface area (Å²) in [6.07, 6.45) is 7.06. The third-order valence-corrected chi connectivity index (χ3v) is 4.84. The average Bonchev–Trinajstić information content (AvgIpc) is 2.55. The van der Waals surface area contributed by atoms with Crippen LogP contribution in [0.15, 0.2) is 47.4 Å². The van der Waals surface area contributed by atoms with Crippen LogP contribution in [0.1, 0.15) is 44.6 Å². The fraction of sp³-hybridized carbons (Fsp3) is 0.368. The molecule has 0 aliphatic heterocycles. The molecule has 2 aromatic rings. The quantitative estimate of drug-likeness (QED) is 0.399. The van der Waals surface area contributed by atoms with E-state index < -0.39 is 20.8 Å². The molecular formula is C19H23NaO5S. The molecule has 1 N–H and O–H groups in total. The molecule has 0 radical (unpaired) electrons. The Hall–Kier alpha value is -1.05. The van der Waals surface area contributed by atoms with Gasteiger partial charge in [0.25, 0.3) is 10.1 Å². The summed E-state index contributed by atoms with van der Waals surface area (Å²) in [6.45, 7) is 2.19. The second-order valence-corrected chi connectivity index (χ2v) is 7.33. The molecule has 0 atom stereocenters. The van der Waals surface area contributed by atoms with Gasteiger partial charge in [0.15, 0.2) is 0 Å². The van der Waals surface area contributed by atoms with E-state index in [-0.39, 0.29) is 35.3 Å². The van der Waals surface area contributed by atoms with Gasteiger partial charge in [0.05, 0.1) is 0 Å². The van der Waals surface area contributed by atoms with Gasteiger partial charge >= 0.3 is 29.6 Å². The van der Waals surface area contributed by atoms with Gasteiger partial charge in [-0.2, -0.15) is 8.42 Å². The average molecular weight is 386 g/mol. The van der Waals surface area contributed by atoms with Gasteiger partial charge in [0, 0.05) is 0 Å². The van der Waals surface area contributed by atoms with E-state index in [9.17, 15) is 18.1 Å². The molecule has 136 valence electrons. The maximum absolute atomic E-state index is 11.7. The van der Waals surface area contributed by atoms with Crippen LogP contribution in [0.25, 0.3) is 0 Å². The van der Waals surface area contributed by atoms with Crippen molar-refractivity contribution in [3.63, 3.8) is 0 Å². The Labute approximate surface area is 177 Å². The number of benzene rings is 2. The van der Waals surface area contributed by atoms with Crippen molar-refractivity contribution >= 4 is 10.1 Å². The van der Waals surface area contributed by atoms with Crippen LogP contribution in [0.3, 0.4) is 0 Å². The van der Waals surface area contributed by atoms with Gasteiger partial charge in [0.2, 0.25) is 0 Å². The molecule has 26 heavy (non-hydrogen) atoms. The zero-order valence-electron chi connectivity index (χ0n) is 15.3. The van der Waals surface area contributed by atoms with E-state index in [2.05, 4.69) is 6.92 Å². The number of ether oxygens (including phenoxy) is 1. The number of unbranched alkanes of at least 4 members (excludes halogenated alkanes) is 4. The third-order valence-electron chi connectivity index (χ3n) is 3.92. The molecule has 0 aromatic heterocycles. The monoisotopic (exact) mass is 386 g/mol. The van der Waals surface area contributed by atoms with E-state index in [0.29, 0.717) is 5.75 Å². The Kier molecular flexibility index (Phi) is 9.68. The third kappa shape index (κ3) is 6.93. The van der Waals surface area contributed by atoms with E-state index in [4.69, 9.17) is 4.74 Å². The zero-order valence-corrected chi connectivity index (χ0v) is 18.1. The first-order valence-corrected chi connectivity index (χ1v) is 9.90. The van der Waals surface area contributed by atoms with Crippen molar-refractivity contribution in [2.45, 2.75) is 50.3 Å². The van der Waals surface area contributed by atoms with Gasteiger partial charge < -0.3 is 9.84 Å². The Morgan fingerprint density at radius 1 is 1.00 bits per heavy atom. The fourth-order valence-electron chi connectivity index (χ4n) is 2.61. The van der Waals surface area contributed by atoms with Gasteiger partial charge in [0.1, 0.15) is 16.4 Å². The predicted octanol–water partition coefficient (Wildman–Crippen LogP) is 1.32. The topological polar surface area (TPSA) is 86.7 Å². The number of hydrogen-bond acceptors (Lipinski definition) is 4. The smallest absolute Gasteiger partial charge is 0.871 e. The number of aryl methyl sites for hydroxylation is 1. The standard InChI is InChI=1S/C19H24O5S.Na/c1-2-3-4-5-6-8-15-11-13-16(14-12-15)24-18-10-7-9-17(20)19(18)25(21,22)23;/h7,9-14,20H,2-6,8H2,1H3,(H,21,22,23);/q;+1/p-1. The summed E-state index contributed by atoms with van der Waals surface area (Å²) >= 11 is 0. The molecule has 0 amide bonds. The summed E-state index contributed by atoms with van der Waals surface area (Å²) in [6, 6.07) is 11.1. The van der Waals surface area contributed by atoms with Crippen LogP contribution in [0.2, 0.25) is 0 Å². The van der Waals surface area contributed by atoms with Gasteiger partial charge in [-0.05, 0) is 36.6 Å². The van der Waals surface area contributed by atoms with Crippen molar-refractivity contribution in [3.05, 3.63) is 48.0 Å². The van der Waals surface area contributed by atoms with E-state index in [1.165, 1.54) is 43.4 Å². The molecule has 0 heterocycles. The molecule has 0 aliphatic carbocycles. The molecular weight excluding hydrogens is 363 g/mol. The molecule has 0 bridgehead atoms. The molecule has 0 fully saturated rings. The van der Waals surface area contributed by atoms with Crippen molar-refractivity contribution in [1.82, 2.24) is 0 Å². The van der Waals surface area contributed by atoms with Crippen molar-refractivity contribution in [2.24, 2.45) is 0 Å². The van der Waals surface area contributed by atoms with E-state index in [0.717, 1.165) is 18.9 Å². The number of rotatable bonds is 9. The molecule has 0 aliphatic rings. The Morgan fingerprint density at radius 3 is 2.27 bits per heavy atom. The van der Waals surface area contributed by atoms with Gasteiger partial charge in [-0.15, -0.1) is 0 Å². The normalized spacial score (nSPS) is 11.0. The molecule has 2 rings (SSSR count). The van der Waals surface area contributed by atoms with Crippen molar-refractivity contribution in [2.75, 3.05) is 0 Å². The van der Waals surface area contributed by atoms with Crippen molar-refractivity contribution in [3.8, 4) is 17.2 Å². The van der Waals surface area contributed by atoms with Crippen LogP contribution in [-0.2, 0) is 16.5 Å². The van der Waals surface area contributed by atoms with Crippen LogP contribution >= 0.6 is 0 Å². The van der Waals surface area contributed by atoms with E-state index >= 15 is 0 Å². The first-order chi connectivity index (χ1) is 11.9. The van der Waals surface area contributed by atoms with Crippen molar-refractivity contribution in [1.29, 1.82) is 0 Å². The van der Waals surface area contributed by atoms with Crippen molar-refractivity contribution < 1.29 is 52.4 Å². The van der Waals surface area contributed by atoms with E-state index in [1.807, 2.05) is 12.1 Å². The minimum absolute atomic E-state index is 0. The molecule has 5 nitrogen and oxygen atoms in total. The summed E-state index contributed by atoms with van der Waals surface area (Å²) in [5.74, 6) is -0.573. The summed E-state index contributed by atoms with van der Waals surface area (Å²) in [5, 5.41) is 11.7. The Morgan fingerprint density at radius 2 is 1.65 bits per heavy atom. The molecule has 0 spiro atoms.